The number of ether oxygens (including phenoxy) is 1. The van der Waals surface area contributed by atoms with E-state index < -0.39 is 0 Å². The Balaban J connectivity index is 1.87. The van der Waals surface area contributed by atoms with Crippen molar-refractivity contribution < 1.29 is 9.53 Å². The molecule has 0 aliphatic carbocycles. The molecule has 0 radical (unpaired) electrons. The molecule has 15 heavy (non-hydrogen) atoms. The van der Waals surface area contributed by atoms with E-state index in [1.165, 1.54) is 0 Å². The van der Waals surface area contributed by atoms with Gasteiger partial charge in [-0.05, 0) is 18.2 Å². The Labute approximate surface area is 96.9 Å². The predicted molar refractivity (Wildman–Crippen MR) is 61.7 cm³/mol. The van der Waals surface area contributed by atoms with Crippen LogP contribution in [0.4, 0.5) is 5.69 Å². The van der Waals surface area contributed by atoms with Crippen molar-refractivity contribution >= 4 is 27.5 Å². The van der Waals surface area contributed by atoms with E-state index in [9.17, 15) is 4.79 Å². The lowest BCUT2D eigenvalue weighted by atomic mass is 10.0. The maximum Gasteiger partial charge on any atom is 0.224 e. The van der Waals surface area contributed by atoms with Crippen LogP contribution in [0, 0.1) is 5.92 Å². The molecule has 0 spiro atoms. The molecule has 0 saturated carbocycles. The van der Waals surface area contributed by atoms with Crippen molar-refractivity contribution in [2.45, 2.75) is 6.42 Å². The summed E-state index contributed by atoms with van der Waals surface area (Å²) in [5, 5.41) is 2.86. The number of benzene rings is 1. The van der Waals surface area contributed by atoms with Gasteiger partial charge in [0, 0.05) is 22.5 Å². The van der Waals surface area contributed by atoms with E-state index in [1.807, 2.05) is 24.3 Å². The second-order valence-electron chi connectivity index (χ2n) is 3.67. The summed E-state index contributed by atoms with van der Waals surface area (Å²) in [7, 11) is 0. The summed E-state index contributed by atoms with van der Waals surface area (Å²) < 4.78 is 5.98. The van der Waals surface area contributed by atoms with Crippen LogP contribution < -0.4 is 5.32 Å². The molecule has 1 aromatic rings. The van der Waals surface area contributed by atoms with E-state index in [0.29, 0.717) is 25.6 Å². The predicted octanol–water partition coefficient (Wildman–Crippen LogP) is 2.42. The maximum atomic E-state index is 11.5. The fraction of sp³-hybridized carbons (Fsp3) is 0.364. The van der Waals surface area contributed by atoms with Gasteiger partial charge in [-0.1, -0.05) is 22.0 Å². The summed E-state index contributed by atoms with van der Waals surface area (Å²) in [6.07, 6.45) is 0.548. The highest BCUT2D eigenvalue weighted by Crippen LogP contribution is 2.18. The molecule has 1 heterocycles. The molecule has 1 saturated heterocycles. The zero-order chi connectivity index (χ0) is 10.7. The number of anilines is 1. The Kier molecular flexibility index (Phi) is 3.38. The van der Waals surface area contributed by atoms with E-state index in [1.54, 1.807) is 0 Å². The van der Waals surface area contributed by atoms with E-state index in [2.05, 4.69) is 21.2 Å². The van der Waals surface area contributed by atoms with Crippen LogP contribution in [0.5, 0.6) is 0 Å². The van der Waals surface area contributed by atoms with Crippen LogP contribution in [0.15, 0.2) is 28.7 Å². The third-order valence-electron chi connectivity index (χ3n) is 2.29. The van der Waals surface area contributed by atoms with Gasteiger partial charge in [-0.3, -0.25) is 4.79 Å². The summed E-state index contributed by atoms with van der Waals surface area (Å²) in [6.45, 7) is 1.43. The summed E-state index contributed by atoms with van der Waals surface area (Å²) in [6, 6.07) is 7.58. The molecular weight excluding hydrogens is 258 g/mol. The highest BCUT2D eigenvalue weighted by atomic mass is 79.9. The molecular formula is C11H12BrNO2. The number of carbonyl (C=O) groups excluding carboxylic acids is 1. The molecule has 1 amide bonds. The second-order valence-corrected chi connectivity index (χ2v) is 4.58. The Morgan fingerprint density at radius 1 is 1.53 bits per heavy atom. The molecule has 1 fully saturated rings. The van der Waals surface area contributed by atoms with Crippen LogP contribution in [0.25, 0.3) is 0 Å². The first kappa shape index (κ1) is 10.6. The molecule has 1 N–H and O–H groups in total. The quantitative estimate of drug-likeness (QED) is 0.916. The van der Waals surface area contributed by atoms with Gasteiger partial charge in [0.1, 0.15) is 0 Å². The van der Waals surface area contributed by atoms with Crippen LogP contribution in [0.1, 0.15) is 6.42 Å². The molecule has 2 rings (SSSR count). The van der Waals surface area contributed by atoms with E-state index in [4.69, 9.17) is 4.74 Å². The van der Waals surface area contributed by atoms with Crippen molar-refractivity contribution in [2.24, 2.45) is 5.92 Å². The second kappa shape index (κ2) is 4.77. The van der Waals surface area contributed by atoms with Gasteiger partial charge in [-0.15, -0.1) is 0 Å². The highest BCUT2D eigenvalue weighted by molar-refractivity contribution is 9.10. The summed E-state index contributed by atoms with van der Waals surface area (Å²) in [5.41, 5.74) is 0.828. The smallest absolute Gasteiger partial charge is 0.224 e. The van der Waals surface area contributed by atoms with Gasteiger partial charge < -0.3 is 10.1 Å². The Morgan fingerprint density at radius 2 is 2.33 bits per heavy atom. The lowest BCUT2D eigenvalue weighted by Gasteiger charge is -2.25. The number of hydrogen-bond acceptors (Lipinski definition) is 2. The molecule has 4 heteroatoms. The van der Waals surface area contributed by atoms with Crippen molar-refractivity contribution in [3.05, 3.63) is 28.7 Å². The van der Waals surface area contributed by atoms with Gasteiger partial charge >= 0.3 is 0 Å². The first-order chi connectivity index (χ1) is 7.24. The zero-order valence-corrected chi connectivity index (χ0v) is 9.79. The van der Waals surface area contributed by atoms with Gasteiger partial charge in [-0.25, -0.2) is 0 Å². The van der Waals surface area contributed by atoms with Gasteiger partial charge in [0.05, 0.1) is 13.2 Å². The molecule has 0 bridgehead atoms. The van der Waals surface area contributed by atoms with Gasteiger partial charge in [0.15, 0.2) is 0 Å². The third kappa shape index (κ3) is 3.04. The van der Waals surface area contributed by atoms with Gasteiger partial charge in [-0.2, -0.15) is 0 Å². The first-order valence-corrected chi connectivity index (χ1v) is 5.66. The lowest BCUT2D eigenvalue weighted by molar-refractivity contribution is -0.121. The Bertz CT molecular complexity index is 363. The van der Waals surface area contributed by atoms with Crippen molar-refractivity contribution in [3.63, 3.8) is 0 Å². The van der Waals surface area contributed by atoms with Crippen molar-refractivity contribution in [3.8, 4) is 0 Å². The summed E-state index contributed by atoms with van der Waals surface area (Å²) in [4.78, 5) is 11.5. The minimum absolute atomic E-state index is 0.0569. The van der Waals surface area contributed by atoms with Gasteiger partial charge in [0.25, 0.3) is 0 Å². The Hall–Kier alpha value is -0.870. The number of nitrogens with one attached hydrogen (secondary N) is 1. The van der Waals surface area contributed by atoms with E-state index in [0.717, 1.165) is 10.2 Å². The van der Waals surface area contributed by atoms with Crippen LogP contribution in [-0.4, -0.2) is 19.1 Å². The van der Waals surface area contributed by atoms with Crippen molar-refractivity contribution in [2.75, 3.05) is 18.5 Å². The molecule has 80 valence electrons. The number of carbonyl (C=O) groups is 1. The third-order valence-corrected chi connectivity index (χ3v) is 2.78. The van der Waals surface area contributed by atoms with E-state index in [-0.39, 0.29) is 5.91 Å². The number of amides is 1. The number of hydrogen-bond donors (Lipinski definition) is 1. The highest BCUT2D eigenvalue weighted by Gasteiger charge is 2.21. The van der Waals surface area contributed by atoms with Crippen molar-refractivity contribution in [1.82, 2.24) is 0 Å². The minimum atomic E-state index is 0.0569. The monoisotopic (exact) mass is 269 g/mol. The lowest BCUT2D eigenvalue weighted by Crippen LogP contribution is -2.31. The molecule has 1 aliphatic rings. The fourth-order valence-electron chi connectivity index (χ4n) is 1.44. The fourth-order valence-corrected chi connectivity index (χ4v) is 1.84. The van der Waals surface area contributed by atoms with Crippen LogP contribution in [0.3, 0.4) is 0 Å². The largest absolute Gasteiger partial charge is 0.381 e. The van der Waals surface area contributed by atoms with Crippen LogP contribution >= 0.6 is 15.9 Å². The van der Waals surface area contributed by atoms with Gasteiger partial charge in [0.2, 0.25) is 5.91 Å². The van der Waals surface area contributed by atoms with Crippen molar-refractivity contribution in [1.29, 1.82) is 0 Å². The standard InChI is InChI=1S/C11H12BrNO2/c12-9-2-1-3-10(5-9)13-11(14)4-8-6-15-7-8/h1-3,5,8H,4,6-7H2,(H,13,14). The molecule has 3 nitrogen and oxygen atoms in total. The van der Waals surface area contributed by atoms with Crippen LogP contribution in [-0.2, 0) is 9.53 Å². The molecule has 0 aromatic heterocycles. The average Bonchev–Trinajstić information content (AvgIpc) is 2.11. The minimum Gasteiger partial charge on any atom is -0.381 e. The number of rotatable bonds is 3. The maximum absolute atomic E-state index is 11.5. The first-order valence-electron chi connectivity index (χ1n) is 4.87. The Morgan fingerprint density at radius 3 is 2.93 bits per heavy atom. The average molecular weight is 270 g/mol. The topological polar surface area (TPSA) is 38.3 Å². The normalized spacial score (nSPS) is 15.8. The summed E-state index contributed by atoms with van der Waals surface area (Å²) >= 11 is 3.36. The molecule has 1 aromatic carbocycles. The summed E-state index contributed by atoms with van der Waals surface area (Å²) in [5.74, 6) is 0.457. The number of halogens is 1. The zero-order valence-electron chi connectivity index (χ0n) is 8.20. The molecule has 0 unspecified atom stereocenters. The molecule has 1 aliphatic heterocycles. The molecule has 0 atom stereocenters. The van der Waals surface area contributed by atoms with Crippen LogP contribution in [0.2, 0.25) is 0 Å². The van der Waals surface area contributed by atoms with E-state index >= 15 is 0 Å². The SMILES string of the molecule is O=C(CC1COC1)Nc1cccc(Br)c1.